The summed E-state index contributed by atoms with van der Waals surface area (Å²) in [4.78, 5) is 21.1. The van der Waals surface area contributed by atoms with Crippen LogP contribution in [-0.4, -0.2) is 46.2 Å². The van der Waals surface area contributed by atoms with E-state index in [1.807, 2.05) is 50.0 Å². The van der Waals surface area contributed by atoms with Gasteiger partial charge in [-0.05, 0) is 31.9 Å². The summed E-state index contributed by atoms with van der Waals surface area (Å²) < 4.78 is 1.67. The van der Waals surface area contributed by atoms with Gasteiger partial charge in [-0.3, -0.25) is 9.48 Å². The number of amides is 1. The van der Waals surface area contributed by atoms with Crippen molar-refractivity contribution >= 4 is 23.3 Å². The normalized spacial score (nSPS) is 17.4. The fourth-order valence-corrected chi connectivity index (χ4v) is 3.58. The van der Waals surface area contributed by atoms with Crippen LogP contribution in [0.1, 0.15) is 40.5 Å². The molecule has 128 valence electrons. The Kier molecular flexibility index (Phi) is 4.49. The number of aryl methyl sites for hydroxylation is 2. The van der Waals surface area contributed by atoms with Gasteiger partial charge in [0.05, 0.1) is 17.3 Å². The molecule has 1 fully saturated rings. The molecule has 6 nitrogen and oxygen atoms in total. The molecular formula is C17H22ClN5O. The zero-order chi connectivity index (χ0) is 17.4. The van der Waals surface area contributed by atoms with Crippen molar-refractivity contribution in [2.75, 3.05) is 25.5 Å². The van der Waals surface area contributed by atoms with Gasteiger partial charge in [0.2, 0.25) is 0 Å². The van der Waals surface area contributed by atoms with E-state index in [4.69, 9.17) is 11.6 Å². The first-order valence-corrected chi connectivity index (χ1v) is 8.41. The first-order valence-electron chi connectivity index (χ1n) is 8.03. The van der Waals surface area contributed by atoms with Crippen LogP contribution in [0.2, 0.25) is 5.15 Å². The van der Waals surface area contributed by atoms with Crippen LogP contribution in [0.15, 0.2) is 18.3 Å². The highest BCUT2D eigenvalue weighted by Gasteiger charge is 2.34. The summed E-state index contributed by atoms with van der Waals surface area (Å²) >= 11 is 6.41. The van der Waals surface area contributed by atoms with E-state index >= 15 is 0 Å². The molecule has 3 heterocycles. The third-order valence-corrected chi connectivity index (χ3v) is 4.94. The number of carbonyl (C=O) groups is 1. The molecule has 1 amide bonds. The Morgan fingerprint density at radius 2 is 2.12 bits per heavy atom. The van der Waals surface area contributed by atoms with E-state index in [9.17, 15) is 4.79 Å². The minimum Gasteiger partial charge on any atom is -0.363 e. The van der Waals surface area contributed by atoms with Crippen molar-refractivity contribution in [3.8, 4) is 0 Å². The van der Waals surface area contributed by atoms with Crippen molar-refractivity contribution in [2.45, 2.75) is 25.8 Å². The fourth-order valence-electron chi connectivity index (χ4n) is 3.28. The Morgan fingerprint density at radius 3 is 2.67 bits per heavy atom. The maximum atomic E-state index is 12.9. The lowest BCUT2D eigenvalue weighted by Crippen LogP contribution is -2.31. The summed E-state index contributed by atoms with van der Waals surface area (Å²) in [5.74, 6) is 0.824. The minimum absolute atomic E-state index is 0.00498. The number of likely N-dealkylation sites (tertiary alicyclic amines) is 1. The van der Waals surface area contributed by atoms with Crippen molar-refractivity contribution in [3.63, 3.8) is 0 Å². The van der Waals surface area contributed by atoms with Gasteiger partial charge >= 0.3 is 0 Å². The summed E-state index contributed by atoms with van der Waals surface area (Å²) in [5, 5.41) is 4.99. The Bertz CT molecular complexity index is 753. The SMILES string of the molecule is Cc1nn(C)c(Cl)c1C1CCCN1C(=O)c1ccc(N(C)C)nc1. The zero-order valence-electron chi connectivity index (χ0n) is 14.5. The molecule has 2 aromatic rings. The fraction of sp³-hybridized carbons (Fsp3) is 0.471. The summed E-state index contributed by atoms with van der Waals surface area (Å²) in [6.07, 6.45) is 3.51. The van der Waals surface area contributed by atoms with Gasteiger partial charge in [0.25, 0.3) is 5.91 Å². The van der Waals surface area contributed by atoms with Crippen molar-refractivity contribution < 1.29 is 4.79 Å². The van der Waals surface area contributed by atoms with Gasteiger partial charge in [-0.1, -0.05) is 11.6 Å². The van der Waals surface area contributed by atoms with Gasteiger partial charge in [0, 0.05) is 39.4 Å². The molecule has 0 saturated carbocycles. The average molecular weight is 348 g/mol. The number of nitrogens with zero attached hydrogens (tertiary/aromatic N) is 5. The van der Waals surface area contributed by atoms with Crippen LogP contribution >= 0.6 is 11.6 Å². The monoisotopic (exact) mass is 347 g/mol. The number of aromatic nitrogens is 3. The summed E-state index contributed by atoms with van der Waals surface area (Å²) in [6, 6.07) is 3.67. The highest BCUT2D eigenvalue weighted by molar-refractivity contribution is 6.30. The largest absolute Gasteiger partial charge is 0.363 e. The molecule has 7 heteroatoms. The van der Waals surface area contributed by atoms with Gasteiger partial charge in [0.15, 0.2) is 0 Å². The Balaban J connectivity index is 1.88. The third kappa shape index (κ3) is 2.86. The number of anilines is 1. The molecule has 0 radical (unpaired) electrons. The molecule has 1 unspecified atom stereocenters. The van der Waals surface area contributed by atoms with Crippen LogP contribution in [0.5, 0.6) is 0 Å². The van der Waals surface area contributed by atoms with E-state index in [0.717, 1.165) is 36.5 Å². The van der Waals surface area contributed by atoms with E-state index in [1.165, 1.54) is 0 Å². The quantitative estimate of drug-likeness (QED) is 0.856. The summed E-state index contributed by atoms with van der Waals surface area (Å²) in [6.45, 7) is 2.67. The third-order valence-electron chi connectivity index (χ3n) is 4.50. The number of rotatable bonds is 3. The summed E-state index contributed by atoms with van der Waals surface area (Å²) in [7, 11) is 5.67. The van der Waals surface area contributed by atoms with Crippen LogP contribution < -0.4 is 4.90 Å². The topological polar surface area (TPSA) is 54.3 Å². The Hall–Kier alpha value is -2.08. The molecule has 1 aliphatic heterocycles. The second kappa shape index (κ2) is 6.43. The Labute approximate surface area is 147 Å². The molecule has 2 aromatic heterocycles. The highest BCUT2D eigenvalue weighted by atomic mass is 35.5. The number of hydrogen-bond acceptors (Lipinski definition) is 4. The standard InChI is InChI=1S/C17H22ClN5O/c1-11-15(16(18)22(4)20-11)13-6-5-9-23(13)17(24)12-7-8-14(19-10-12)21(2)3/h7-8,10,13H,5-6,9H2,1-4H3. The first kappa shape index (κ1) is 16.8. The van der Waals surface area contributed by atoms with Gasteiger partial charge in [-0.25, -0.2) is 4.98 Å². The van der Waals surface area contributed by atoms with Crippen molar-refractivity contribution in [3.05, 3.63) is 40.3 Å². The summed E-state index contributed by atoms with van der Waals surface area (Å²) in [5.41, 5.74) is 2.45. The lowest BCUT2D eigenvalue weighted by Gasteiger charge is -2.25. The van der Waals surface area contributed by atoms with E-state index < -0.39 is 0 Å². The molecule has 1 aliphatic rings. The van der Waals surface area contributed by atoms with Gasteiger partial charge in [-0.15, -0.1) is 0 Å². The molecule has 0 bridgehead atoms. The van der Waals surface area contributed by atoms with Crippen LogP contribution in [0.3, 0.4) is 0 Å². The van der Waals surface area contributed by atoms with Crippen LogP contribution in [0.25, 0.3) is 0 Å². The van der Waals surface area contributed by atoms with Gasteiger partial charge < -0.3 is 9.80 Å². The van der Waals surface area contributed by atoms with Crippen molar-refractivity contribution in [1.82, 2.24) is 19.7 Å². The number of halogens is 1. The molecule has 3 rings (SSSR count). The van der Waals surface area contributed by atoms with Crippen LogP contribution in [0.4, 0.5) is 5.82 Å². The smallest absolute Gasteiger partial charge is 0.255 e. The van der Waals surface area contributed by atoms with E-state index in [0.29, 0.717) is 10.7 Å². The van der Waals surface area contributed by atoms with E-state index in [-0.39, 0.29) is 11.9 Å². The molecule has 0 aromatic carbocycles. The maximum Gasteiger partial charge on any atom is 0.255 e. The molecule has 24 heavy (non-hydrogen) atoms. The second-order valence-corrected chi connectivity index (χ2v) is 6.73. The van der Waals surface area contributed by atoms with Crippen LogP contribution in [0, 0.1) is 6.92 Å². The molecule has 0 aliphatic carbocycles. The molecule has 1 saturated heterocycles. The lowest BCUT2D eigenvalue weighted by molar-refractivity contribution is 0.0735. The maximum absolute atomic E-state index is 12.9. The number of carbonyl (C=O) groups excluding carboxylic acids is 1. The number of hydrogen-bond donors (Lipinski definition) is 0. The average Bonchev–Trinajstić information content (AvgIpc) is 3.12. The minimum atomic E-state index is -0.0211. The molecule has 1 atom stereocenters. The number of pyridine rings is 1. The van der Waals surface area contributed by atoms with Gasteiger partial charge in [0.1, 0.15) is 11.0 Å². The predicted molar refractivity (Wildman–Crippen MR) is 94.5 cm³/mol. The lowest BCUT2D eigenvalue weighted by atomic mass is 10.1. The Morgan fingerprint density at radius 1 is 1.38 bits per heavy atom. The first-order chi connectivity index (χ1) is 11.4. The predicted octanol–water partition coefficient (Wildman–Crippen LogP) is 2.82. The van der Waals surface area contributed by atoms with Crippen molar-refractivity contribution in [2.24, 2.45) is 7.05 Å². The highest BCUT2D eigenvalue weighted by Crippen LogP contribution is 2.38. The molecular weight excluding hydrogens is 326 g/mol. The molecule has 0 N–H and O–H groups in total. The second-order valence-electron chi connectivity index (χ2n) is 6.37. The van der Waals surface area contributed by atoms with E-state index in [2.05, 4.69) is 10.1 Å². The van der Waals surface area contributed by atoms with E-state index in [1.54, 1.807) is 10.9 Å². The molecule has 0 spiro atoms. The van der Waals surface area contributed by atoms with Crippen LogP contribution in [-0.2, 0) is 7.05 Å². The van der Waals surface area contributed by atoms with Gasteiger partial charge in [-0.2, -0.15) is 5.10 Å². The van der Waals surface area contributed by atoms with Crippen molar-refractivity contribution in [1.29, 1.82) is 0 Å². The zero-order valence-corrected chi connectivity index (χ0v) is 15.2.